The van der Waals surface area contributed by atoms with Crippen LogP contribution >= 0.6 is 0 Å². The van der Waals surface area contributed by atoms with Crippen LogP contribution in [-0.2, 0) is 9.53 Å². The molecule has 0 amide bonds. The fraction of sp³-hybridized carbons (Fsp3) is 0.800. The van der Waals surface area contributed by atoms with Gasteiger partial charge in [0.1, 0.15) is 0 Å². The van der Waals surface area contributed by atoms with Gasteiger partial charge in [-0.15, -0.1) is 0 Å². The summed E-state index contributed by atoms with van der Waals surface area (Å²) in [6, 6.07) is -0.794. The summed E-state index contributed by atoms with van der Waals surface area (Å²) >= 11 is 0. The SMILES string of the molecule is N[C@H]1[C@@H](C(=O)O)OC[C@@H]1O. The maximum absolute atomic E-state index is 10.2. The first kappa shape index (κ1) is 7.46. The van der Waals surface area contributed by atoms with E-state index in [1.165, 1.54) is 0 Å². The summed E-state index contributed by atoms with van der Waals surface area (Å²) in [7, 11) is 0. The quantitative estimate of drug-likeness (QED) is 0.405. The zero-order valence-corrected chi connectivity index (χ0v) is 5.23. The van der Waals surface area contributed by atoms with Gasteiger partial charge in [0.15, 0.2) is 6.10 Å². The fourth-order valence-electron chi connectivity index (χ4n) is 0.862. The molecule has 5 heteroatoms. The second-order valence-corrected chi connectivity index (χ2v) is 2.24. The van der Waals surface area contributed by atoms with Crippen molar-refractivity contribution in [1.29, 1.82) is 0 Å². The largest absolute Gasteiger partial charge is 0.479 e. The van der Waals surface area contributed by atoms with Crippen LogP contribution in [0.15, 0.2) is 0 Å². The molecule has 58 valence electrons. The maximum Gasteiger partial charge on any atom is 0.334 e. The Kier molecular flexibility index (Phi) is 1.89. The lowest BCUT2D eigenvalue weighted by atomic mass is 10.1. The van der Waals surface area contributed by atoms with Crippen LogP contribution in [0.3, 0.4) is 0 Å². The van der Waals surface area contributed by atoms with Crippen LogP contribution in [0.1, 0.15) is 0 Å². The Morgan fingerprint density at radius 3 is 2.50 bits per heavy atom. The molecule has 0 radical (unpaired) electrons. The third-order valence-corrected chi connectivity index (χ3v) is 1.48. The standard InChI is InChI=1S/C5H9NO4/c6-3-2(7)1-10-4(3)5(8)9/h2-4,7H,1,6H2,(H,8,9)/t2-,3+,4-/m0/s1. The molecule has 1 rings (SSSR count). The van der Waals surface area contributed by atoms with E-state index in [-0.39, 0.29) is 6.61 Å². The average Bonchev–Trinajstić information content (AvgIpc) is 2.14. The number of hydrogen-bond acceptors (Lipinski definition) is 4. The lowest BCUT2D eigenvalue weighted by molar-refractivity contribution is -0.147. The number of ether oxygens (including phenoxy) is 1. The first-order chi connectivity index (χ1) is 4.63. The van der Waals surface area contributed by atoms with Gasteiger partial charge in [-0.1, -0.05) is 0 Å². The Morgan fingerprint density at radius 2 is 2.30 bits per heavy atom. The predicted molar refractivity (Wildman–Crippen MR) is 31.4 cm³/mol. The van der Waals surface area contributed by atoms with Crippen molar-refractivity contribution in [3.05, 3.63) is 0 Å². The molecule has 5 nitrogen and oxygen atoms in total. The minimum atomic E-state index is -1.12. The first-order valence-corrected chi connectivity index (χ1v) is 2.91. The van der Waals surface area contributed by atoms with Gasteiger partial charge >= 0.3 is 5.97 Å². The van der Waals surface area contributed by atoms with Crippen LogP contribution in [0.4, 0.5) is 0 Å². The number of carboxylic acid groups (broad SMARTS) is 1. The Labute approximate surface area is 57.4 Å². The molecule has 0 saturated carbocycles. The van der Waals surface area contributed by atoms with Crippen LogP contribution < -0.4 is 5.73 Å². The number of aliphatic hydroxyl groups is 1. The molecule has 1 fully saturated rings. The van der Waals surface area contributed by atoms with Crippen molar-refractivity contribution in [3.8, 4) is 0 Å². The molecule has 0 aromatic rings. The van der Waals surface area contributed by atoms with E-state index < -0.39 is 24.2 Å². The second kappa shape index (κ2) is 2.53. The van der Waals surface area contributed by atoms with Crippen molar-refractivity contribution in [2.45, 2.75) is 18.2 Å². The molecule has 1 saturated heterocycles. The van der Waals surface area contributed by atoms with Gasteiger partial charge in [-0.25, -0.2) is 4.79 Å². The van der Waals surface area contributed by atoms with E-state index in [0.29, 0.717) is 0 Å². The minimum absolute atomic E-state index is 0.0120. The summed E-state index contributed by atoms with van der Waals surface area (Å²) in [6.07, 6.45) is -1.89. The van der Waals surface area contributed by atoms with E-state index in [1.807, 2.05) is 0 Å². The molecule has 4 N–H and O–H groups in total. The van der Waals surface area contributed by atoms with E-state index >= 15 is 0 Å². The van der Waals surface area contributed by atoms with Crippen molar-refractivity contribution in [2.75, 3.05) is 6.61 Å². The highest BCUT2D eigenvalue weighted by Crippen LogP contribution is 2.11. The molecule has 0 aliphatic carbocycles. The molecule has 1 heterocycles. The summed E-state index contributed by atoms with van der Waals surface area (Å²) in [5, 5.41) is 17.3. The smallest absolute Gasteiger partial charge is 0.334 e. The Bertz CT molecular complexity index is 149. The number of rotatable bonds is 1. The van der Waals surface area contributed by atoms with Gasteiger partial charge in [-0.2, -0.15) is 0 Å². The molecule has 1 aliphatic heterocycles. The highest BCUT2D eigenvalue weighted by Gasteiger charge is 2.37. The van der Waals surface area contributed by atoms with Crippen molar-refractivity contribution in [3.63, 3.8) is 0 Å². The number of hydrogen-bond donors (Lipinski definition) is 3. The molecule has 0 bridgehead atoms. The van der Waals surface area contributed by atoms with Crippen molar-refractivity contribution >= 4 is 5.97 Å². The topological polar surface area (TPSA) is 92.8 Å². The molecular formula is C5H9NO4. The summed E-state index contributed by atoms with van der Waals surface area (Å²) in [6.45, 7) is 0.0120. The van der Waals surface area contributed by atoms with Crippen LogP contribution in [0.25, 0.3) is 0 Å². The highest BCUT2D eigenvalue weighted by atomic mass is 16.5. The summed E-state index contributed by atoms with van der Waals surface area (Å²) < 4.78 is 4.66. The number of carboxylic acids is 1. The van der Waals surface area contributed by atoms with Gasteiger partial charge in [0.05, 0.1) is 18.8 Å². The summed E-state index contributed by atoms with van der Waals surface area (Å²) in [5.74, 6) is -1.12. The van der Waals surface area contributed by atoms with Gasteiger partial charge in [-0.3, -0.25) is 0 Å². The molecule has 1 aliphatic rings. The van der Waals surface area contributed by atoms with Crippen molar-refractivity contribution in [2.24, 2.45) is 5.73 Å². The molecule has 10 heavy (non-hydrogen) atoms. The number of aliphatic hydroxyl groups excluding tert-OH is 1. The van der Waals surface area contributed by atoms with Gasteiger partial charge in [-0.05, 0) is 0 Å². The van der Waals surface area contributed by atoms with Gasteiger partial charge < -0.3 is 20.7 Å². The number of nitrogens with two attached hydrogens (primary N) is 1. The van der Waals surface area contributed by atoms with Crippen LogP contribution in [-0.4, -0.2) is 41.0 Å². The van der Waals surface area contributed by atoms with Gasteiger partial charge in [0.2, 0.25) is 0 Å². The lowest BCUT2D eigenvalue weighted by Gasteiger charge is -2.09. The van der Waals surface area contributed by atoms with Gasteiger partial charge in [0.25, 0.3) is 0 Å². The summed E-state index contributed by atoms with van der Waals surface area (Å²) in [5.41, 5.74) is 5.27. The van der Waals surface area contributed by atoms with Crippen molar-refractivity contribution < 1.29 is 19.7 Å². The Morgan fingerprint density at radius 1 is 1.70 bits per heavy atom. The zero-order chi connectivity index (χ0) is 7.72. The van der Waals surface area contributed by atoms with E-state index in [1.54, 1.807) is 0 Å². The number of carbonyl (C=O) groups is 1. The van der Waals surface area contributed by atoms with Crippen LogP contribution in [0.2, 0.25) is 0 Å². The summed E-state index contributed by atoms with van der Waals surface area (Å²) in [4.78, 5) is 10.2. The normalized spacial score (nSPS) is 40.0. The molecule has 0 unspecified atom stereocenters. The third kappa shape index (κ3) is 1.11. The minimum Gasteiger partial charge on any atom is -0.479 e. The molecule has 0 aromatic carbocycles. The molecular weight excluding hydrogens is 138 g/mol. The molecule has 0 spiro atoms. The monoisotopic (exact) mass is 147 g/mol. The van der Waals surface area contributed by atoms with Crippen LogP contribution in [0, 0.1) is 0 Å². The first-order valence-electron chi connectivity index (χ1n) is 2.91. The third-order valence-electron chi connectivity index (χ3n) is 1.48. The second-order valence-electron chi connectivity index (χ2n) is 2.24. The van der Waals surface area contributed by atoms with E-state index in [4.69, 9.17) is 15.9 Å². The highest BCUT2D eigenvalue weighted by molar-refractivity contribution is 5.73. The Hall–Kier alpha value is -0.650. The van der Waals surface area contributed by atoms with E-state index in [2.05, 4.69) is 4.74 Å². The molecule has 3 atom stereocenters. The van der Waals surface area contributed by atoms with E-state index in [0.717, 1.165) is 0 Å². The number of aliphatic carboxylic acids is 1. The van der Waals surface area contributed by atoms with Gasteiger partial charge in [0, 0.05) is 0 Å². The zero-order valence-electron chi connectivity index (χ0n) is 5.23. The lowest BCUT2D eigenvalue weighted by Crippen LogP contribution is -2.42. The fourth-order valence-corrected chi connectivity index (χ4v) is 0.862. The molecule has 0 aromatic heterocycles. The van der Waals surface area contributed by atoms with Crippen molar-refractivity contribution in [1.82, 2.24) is 0 Å². The average molecular weight is 147 g/mol. The Balaban J connectivity index is 2.57. The van der Waals surface area contributed by atoms with E-state index in [9.17, 15) is 4.79 Å². The predicted octanol–water partition coefficient (Wildman–Crippen LogP) is -1.84. The van der Waals surface area contributed by atoms with Crippen LogP contribution in [0.5, 0.6) is 0 Å². The maximum atomic E-state index is 10.2.